The van der Waals surface area contributed by atoms with Crippen LogP contribution in [-0.2, 0) is 4.79 Å². The molecule has 106 valence electrons. The fraction of sp³-hybridized carbons (Fsp3) is 0.400. The van der Waals surface area contributed by atoms with Crippen LogP contribution in [0.5, 0.6) is 11.5 Å². The maximum atomic E-state index is 11.9. The van der Waals surface area contributed by atoms with E-state index in [4.69, 9.17) is 9.47 Å². The van der Waals surface area contributed by atoms with Crippen molar-refractivity contribution < 1.29 is 14.3 Å². The summed E-state index contributed by atoms with van der Waals surface area (Å²) in [6, 6.07) is 5.61. The van der Waals surface area contributed by atoms with Gasteiger partial charge in [-0.2, -0.15) is 0 Å². The van der Waals surface area contributed by atoms with Gasteiger partial charge in [-0.3, -0.25) is 4.79 Å². The second kappa shape index (κ2) is 5.17. The molecule has 2 heterocycles. The van der Waals surface area contributed by atoms with Gasteiger partial charge in [-0.15, -0.1) is 0 Å². The highest BCUT2D eigenvalue weighted by molar-refractivity contribution is 5.92. The first-order valence-corrected chi connectivity index (χ1v) is 6.75. The van der Waals surface area contributed by atoms with E-state index in [-0.39, 0.29) is 18.2 Å². The standard InChI is InChI=1S/C15H18N2O3/c1-15(6-7-16-9-15)17-14(18)5-3-11-2-4-12-13(8-11)20-10-19-12/h2-5,8,16H,6-7,9-10H2,1H3,(H,17,18)/b5-3+. The van der Waals surface area contributed by atoms with E-state index in [0.717, 1.165) is 36.6 Å². The van der Waals surface area contributed by atoms with Crippen LogP contribution in [-0.4, -0.2) is 31.3 Å². The van der Waals surface area contributed by atoms with Crippen molar-refractivity contribution in [2.45, 2.75) is 18.9 Å². The Morgan fingerprint density at radius 2 is 2.25 bits per heavy atom. The Hall–Kier alpha value is -2.01. The molecule has 2 aliphatic rings. The number of hydrogen-bond donors (Lipinski definition) is 2. The molecule has 2 aliphatic heterocycles. The van der Waals surface area contributed by atoms with Crippen molar-refractivity contribution >= 4 is 12.0 Å². The molecule has 1 saturated heterocycles. The highest BCUT2D eigenvalue weighted by atomic mass is 16.7. The number of rotatable bonds is 3. The minimum atomic E-state index is -0.143. The average Bonchev–Trinajstić information content (AvgIpc) is 3.04. The van der Waals surface area contributed by atoms with Crippen LogP contribution in [0.15, 0.2) is 24.3 Å². The van der Waals surface area contributed by atoms with Gasteiger partial charge >= 0.3 is 0 Å². The molecule has 5 nitrogen and oxygen atoms in total. The third-order valence-electron chi connectivity index (χ3n) is 3.62. The predicted molar refractivity (Wildman–Crippen MR) is 75.6 cm³/mol. The largest absolute Gasteiger partial charge is 0.454 e. The summed E-state index contributed by atoms with van der Waals surface area (Å²) in [6.45, 7) is 4.08. The van der Waals surface area contributed by atoms with Crippen LogP contribution in [0.25, 0.3) is 6.08 Å². The molecule has 0 aliphatic carbocycles. The summed E-state index contributed by atoms with van der Waals surface area (Å²) in [5.74, 6) is 1.39. The van der Waals surface area contributed by atoms with Gasteiger partial charge in [0.1, 0.15) is 0 Å². The van der Waals surface area contributed by atoms with Crippen molar-refractivity contribution in [2.75, 3.05) is 19.9 Å². The van der Waals surface area contributed by atoms with Crippen LogP contribution in [0.2, 0.25) is 0 Å². The van der Waals surface area contributed by atoms with Gasteiger partial charge in [-0.05, 0) is 43.7 Å². The lowest BCUT2D eigenvalue weighted by atomic mass is 10.0. The van der Waals surface area contributed by atoms with Crippen molar-refractivity contribution in [3.05, 3.63) is 29.8 Å². The van der Waals surface area contributed by atoms with Gasteiger partial charge in [-0.1, -0.05) is 6.07 Å². The van der Waals surface area contributed by atoms with E-state index in [1.54, 1.807) is 12.2 Å². The molecule has 0 bridgehead atoms. The van der Waals surface area contributed by atoms with Crippen LogP contribution in [0, 0.1) is 0 Å². The molecule has 2 N–H and O–H groups in total. The molecular weight excluding hydrogens is 256 g/mol. The summed E-state index contributed by atoms with van der Waals surface area (Å²) >= 11 is 0. The number of amides is 1. The molecule has 3 rings (SSSR count). The van der Waals surface area contributed by atoms with Gasteiger partial charge in [0.25, 0.3) is 0 Å². The molecule has 0 spiro atoms. The summed E-state index contributed by atoms with van der Waals surface area (Å²) in [7, 11) is 0. The van der Waals surface area contributed by atoms with Crippen molar-refractivity contribution in [1.82, 2.24) is 10.6 Å². The van der Waals surface area contributed by atoms with Gasteiger partial charge in [0, 0.05) is 12.6 Å². The molecule has 1 fully saturated rings. The number of carbonyl (C=O) groups is 1. The summed E-state index contributed by atoms with van der Waals surface area (Å²) < 4.78 is 10.6. The van der Waals surface area contributed by atoms with Crippen LogP contribution >= 0.6 is 0 Å². The molecular formula is C15H18N2O3. The summed E-state index contributed by atoms with van der Waals surface area (Å²) in [4.78, 5) is 11.9. The lowest BCUT2D eigenvalue weighted by Gasteiger charge is -2.23. The maximum absolute atomic E-state index is 11.9. The molecule has 0 radical (unpaired) electrons. The van der Waals surface area contributed by atoms with Crippen LogP contribution < -0.4 is 20.1 Å². The molecule has 1 aromatic rings. The molecule has 20 heavy (non-hydrogen) atoms. The Morgan fingerprint density at radius 3 is 3.05 bits per heavy atom. The Balaban J connectivity index is 1.63. The minimum absolute atomic E-state index is 0.0751. The first-order chi connectivity index (χ1) is 9.65. The normalized spacial score (nSPS) is 24.2. The molecule has 1 unspecified atom stereocenters. The first kappa shape index (κ1) is 13.0. The zero-order valence-electron chi connectivity index (χ0n) is 11.4. The number of hydrogen-bond acceptors (Lipinski definition) is 4. The van der Waals surface area contributed by atoms with Crippen molar-refractivity contribution in [3.8, 4) is 11.5 Å². The highest BCUT2D eigenvalue weighted by Crippen LogP contribution is 2.32. The fourth-order valence-corrected chi connectivity index (χ4v) is 2.45. The Morgan fingerprint density at radius 1 is 1.40 bits per heavy atom. The number of nitrogens with one attached hydrogen (secondary N) is 2. The number of carbonyl (C=O) groups excluding carboxylic acids is 1. The second-order valence-corrected chi connectivity index (χ2v) is 5.42. The summed E-state index contributed by atoms with van der Waals surface area (Å²) in [6.07, 6.45) is 4.29. The smallest absolute Gasteiger partial charge is 0.244 e. The van der Waals surface area contributed by atoms with E-state index >= 15 is 0 Å². The Kier molecular flexibility index (Phi) is 3.36. The lowest BCUT2D eigenvalue weighted by molar-refractivity contribution is -0.117. The third kappa shape index (κ3) is 2.77. The lowest BCUT2D eigenvalue weighted by Crippen LogP contribution is -2.46. The van der Waals surface area contributed by atoms with Crippen molar-refractivity contribution in [3.63, 3.8) is 0 Å². The zero-order chi connectivity index (χ0) is 14.0. The second-order valence-electron chi connectivity index (χ2n) is 5.42. The van der Waals surface area contributed by atoms with Gasteiger partial charge in [-0.25, -0.2) is 0 Å². The minimum Gasteiger partial charge on any atom is -0.454 e. The van der Waals surface area contributed by atoms with Crippen LogP contribution in [0.4, 0.5) is 0 Å². The Labute approximate surface area is 118 Å². The molecule has 1 amide bonds. The molecule has 1 aromatic carbocycles. The topological polar surface area (TPSA) is 59.6 Å². The van der Waals surface area contributed by atoms with Crippen LogP contribution in [0.3, 0.4) is 0 Å². The molecule has 5 heteroatoms. The van der Waals surface area contributed by atoms with E-state index in [9.17, 15) is 4.79 Å². The van der Waals surface area contributed by atoms with E-state index in [2.05, 4.69) is 17.6 Å². The fourth-order valence-electron chi connectivity index (χ4n) is 2.45. The zero-order valence-corrected chi connectivity index (χ0v) is 11.4. The van der Waals surface area contributed by atoms with Crippen LogP contribution in [0.1, 0.15) is 18.9 Å². The Bertz CT molecular complexity index is 548. The molecule has 1 atom stereocenters. The van der Waals surface area contributed by atoms with E-state index in [1.165, 1.54) is 0 Å². The number of fused-ring (bicyclic) bond motifs is 1. The summed E-state index contributed by atoms with van der Waals surface area (Å²) in [5.41, 5.74) is 0.773. The van der Waals surface area contributed by atoms with Gasteiger partial charge in [0.2, 0.25) is 12.7 Å². The highest BCUT2D eigenvalue weighted by Gasteiger charge is 2.29. The SMILES string of the molecule is CC1(NC(=O)/C=C/c2ccc3c(c2)OCO3)CCNC1. The van der Waals surface area contributed by atoms with Gasteiger partial charge in [0.15, 0.2) is 11.5 Å². The quantitative estimate of drug-likeness (QED) is 0.816. The molecule has 0 aromatic heterocycles. The first-order valence-electron chi connectivity index (χ1n) is 6.75. The van der Waals surface area contributed by atoms with E-state index < -0.39 is 0 Å². The van der Waals surface area contributed by atoms with E-state index in [1.807, 2.05) is 18.2 Å². The van der Waals surface area contributed by atoms with Gasteiger partial charge in [0.05, 0.1) is 5.54 Å². The number of ether oxygens (including phenoxy) is 2. The van der Waals surface area contributed by atoms with Crippen molar-refractivity contribution in [1.29, 1.82) is 0 Å². The van der Waals surface area contributed by atoms with E-state index in [0.29, 0.717) is 0 Å². The van der Waals surface area contributed by atoms with Crippen molar-refractivity contribution in [2.24, 2.45) is 0 Å². The maximum Gasteiger partial charge on any atom is 0.244 e. The third-order valence-corrected chi connectivity index (χ3v) is 3.62. The number of benzene rings is 1. The average molecular weight is 274 g/mol. The summed E-state index contributed by atoms with van der Waals surface area (Å²) in [5, 5.41) is 6.28. The molecule has 0 saturated carbocycles. The van der Waals surface area contributed by atoms with Gasteiger partial charge < -0.3 is 20.1 Å². The predicted octanol–water partition coefficient (Wildman–Crippen LogP) is 1.30. The monoisotopic (exact) mass is 274 g/mol.